The zero-order valence-corrected chi connectivity index (χ0v) is 10.6. The van der Waals surface area contributed by atoms with E-state index in [4.69, 9.17) is 0 Å². The highest BCUT2D eigenvalue weighted by Crippen LogP contribution is 2.34. The largest absolute Gasteiger partial charge is 0.289 e. The maximum atomic E-state index is 12.6. The lowest BCUT2D eigenvalue weighted by atomic mass is 9.76. The van der Waals surface area contributed by atoms with E-state index in [1.54, 1.807) is 0 Å². The first-order valence-electron chi connectivity index (χ1n) is 6.73. The van der Waals surface area contributed by atoms with Crippen LogP contribution in [0.5, 0.6) is 0 Å². The van der Waals surface area contributed by atoms with Gasteiger partial charge in [0.2, 0.25) is 0 Å². The van der Waals surface area contributed by atoms with E-state index < -0.39 is 0 Å². The van der Waals surface area contributed by atoms with Crippen LogP contribution in [0.3, 0.4) is 0 Å². The Morgan fingerprint density at radius 2 is 1.26 bits per heavy atom. The number of carbonyl (C=O) groups excluding carboxylic acids is 1. The Morgan fingerprint density at radius 1 is 0.684 bits per heavy atom. The molecule has 0 saturated heterocycles. The van der Waals surface area contributed by atoms with Crippen LogP contribution < -0.4 is 0 Å². The molecule has 0 atom stereocenters. The average molecular weight is 246 g/mol. The van der Waals surface area contributed by atoms with Gasteiger partial charge in [-0.25, -0.2) is 0 Å². The molecule has 0 radical (unpaired) electrons. The summed E-state index contributed by atoms with van der Waals surface area (Å²) in [6.45, 7) is 0. The van der Waals surface area contributed by atoms with Crippen molar-refractivity contribution in [2.75, 3.05) is 0 Å². The molecule has 2 aliphatic carbocycles. The van der Waals surface area contributed by atoms with Crippen molar-refractivity contribution in [1.29, 1.82) is 0 Å². The van der Waals surface area contributed by atoms with Crippen LogP contribution in [0.25, 0.3) is 0 Å². The fourth-order valence-corrected chi connectivity index (χ4v) is 3.25. The second-order valence-electron chi connectivity index (χ2n) is 5.37. The lowest BCUT2D eigenvalue weighted by Crippen LogP contribution is -2.22. The van der Waals surface area contributed by atoms with Crippen LogP contribution in [0, 0.1) is 0 Å². The van der Waals surface area contributed by atoms with Crippen molar-refractivity contribution in [1.82, 2.24) is 0 Å². The SMILES string of the molecule is O=C1C2=C(Cc3ccccc3C2)Cc2ccccc21. The molecule has 0 spiro atoms. The van der Waals surface area contributed by atoms with Crippen molar-refractivity contribution >= 4 is 5.78 Å². The lowest BCUT2D eigenvalue weighted by molar-refractivity contribution is 0.102. The summed E-state index contributed by atoms with van der Waals surface area (Å²) in [7, 11) is 0. The molecule has 0 aliphatic heterocycles. The van der Waals surface area contributed by atoms with Gasteiger partial charge in [-0.05, 0) is 29.5 Å². The van der Waals surface area contributed by atoms with Crippen LogP contribution >= 0.6 is 0 Å². The van der Waals surface area contributed by atoms with Gasteiger partial charge in [-0.15, -0.1) is 0 Å². The van der Waals surface area contributed by atoms with E-state index in [0.29, 0.717) is 0 Å². The molecule has 0 amide bonds. The van der Waals surface area contributed by atoms with E-state index in [0.717, 1.165) is 30.4 Å². The van der Waals surface area contributed by atoms with Crippen LogP contribution in [0.4, 0.5) is 0 Å². The number of hydrogen-bond acceptors (Lipinski definition) is 1. The Labute approximate surface area is 112 Å². The second-order valence-corrected chi connectivity index (χ2v) is 5.37. The third kappa shape index (κ3) is 1.58. The third-order valence-electron chi connectivity index (χ3n) is 4.26. The standard InChI is InChI=1S/C18H14O/c19-18-16-8-4-3-7-14(16)10-15-9-12-5-1-2-6-13(12)11-17(15)18/h1-8H,9-11H2. The van der Waals surface area contributed by atoms with E-state index in [2.05, 4.69) is 30.3 Å². The number of carbonyl (C=O) groups is 1. The normalized spacial score (nSPS) is 16.7. The maximum absolute atomic E-state index is 12.6. The quantitative estimate of drug-likeness (QED) is 0.695. The molecule has 0 N–H and O–H groups in total. The van der Waals surface area contributed by atoms with Crippen LogP contribution in [0.1, 0.15) is 27.0 Å². The molecule has 0 bridgehead atoms. The summed E-state index contributed by atoms with van der Waals surface area (Å²) in [5.41, 5.74) is 7.15. The van der Waals surface area contributed by atoms with E-state index in [-0.39, 0.29) is 5.78 Å². The summed E-state index contributed by atoms with van der Waals surface area (Å²) in [6, 6.07) is 16.5. The Bertz CT molecular complexity index is 718. The fraction of sp³-hybridized carbons (Fsp3) is 0.167. The molecule has 92 valence electrons. The molecule has 19 heavy (non-hydrogen) atoms. The zero-order valence-electron chi connectivity index (χ0n) is 10.6. The molecule has 0 unspecified atom stereocenters. The highest BCUT2D eigenvalue weighted by molar-refractivity contribution is 6.12. The molecule has 0 fully saturated rings. The number of Topliss-reactive ketones (excluding diaryl/α,β-unsaturated/α-hetero) is 1. The monoisotopic (exact) mass is 246 g/mol. The summed E-state index contributed by atoms with van der Waals surface area (Å²) in [5, 5.41) is 0. The average Bonchev–Trinajstić information content (AvgIpc) is 2.46. The first-order valence-corrected chi connectivity index (χ1v) is 6.73. The number of rotatable bonds is 0. The van der Waals surface area contributed by atoms with Gasteiger partial charge in [0, 0.05) is 17.6 Å². The van der Waals surface area contributed by atoms with Crippen molar-refractivity contribution < 1.29 is 4.79 Å². The van der Waals surface area contributed by atoms with Gasteiger partial charge < -0.3 is 0 Å². The molecule has 0 saturated carbocycles. The minimum atomic E-state index is 0.242. The molecule has 4 rings (SSSR count). The van der Waals surface area contributed by atoms with Crippen LogP contribution in [0.15, 0.2) is 59.7 Å². The van der Waals surface area contributed by atoms with Gasteiger partial charge in [-0.1, -0.05) is 54.1 Å². The predicted octanol–water partition coefficient (Wildman–Crippen LogP) is 3.52. The number of fused-ring (bicyclic) bond motifs is 2. The van der Waals surface area contributed by atoms with Gasteiger partial charge in [0.05, 0.1) is 0 Å². The second kappa shape index (κ2) is 3.92. The highest BCUT2D eigenvalue weighted by Gasteiger charge is 2.28. The molecule has 1 nitrogen and oxygen atoms in total. The van der Waals surface area contributed by atoms with Gasteiger partial charge in [-0.3, -0.25) is 4.79 Å². The zero-order chi connectivity index (χ0) is 12.8. The molecule has 2 aliphatic rings. The molecule has 0 aromatic heterocycles. The van der Waals surface area contributed by atoms with Gasteiger partial charge in [0.1, 0.15) is 0 Å². The first kappa shape index (κ1) is 10.7. The van der Waals surface area contributed by atoms with Crippen molar-refractivity contribution in [2.45, 2.75) is 19.3 Å². The predicted molar refractivity (Wildman–Crippen MR) is 75.4 cm³/mol. The highest BCUT2D eigenvalue weighted by atomic mass is 16.1. The summed E-state index contributed by atoms with van der Waals surface area (Å²) >= 11 is 0. The van der Waals surface area contributed by atoms with Crippen LogP contribution in [-0.4, -0.2) is 5.78 Å². The molecule has 0 heterocycles. The third-order valence-corrected chi connectivity index (χ3v) is 4.26. The van der Waals surface area contributed by atoms with E-state index in [1.165, 1.54) is 22.3 Å². The number of allylic oxidation sites excluding steroid dienone is 2. The number of hydrogen-bond donors (Lipinski definition) is 0. The Balaban J connectivity index is 1.82. The van der Waals surface area contributed by atoms with E-state index in [9.17, 15) is 4.79 Å². The Morgan fingerprint density at radius 3 is 2.05 bits per heavy atom. The Hall–Kier alpha value is -2.15. The lowest BCUT2D eigenvalue weighted by Gasteiger charge is -2.27. The van der Waals surface area contributed by atoms with Gasteiger partial charge in [-0.2, -0.15) is 0 Å². The summed E-state index contributed by atoms with van der Waals surface area (Å²) < 4.78 is 0. The Kier molecular flexibility index (Phi) is 2.22. The van der Waals surface area contributed by atoms with E-state index >= 15 is 0 Å². The van der Waals surface area contributed by atoms with Crippen LogP contribution in [0.2, 0.25) is 0 Å². The summed E-state index contributed by atoms with van der Waals surface area (Å²) in [4.78, 5) is 12.6. The number of ketones is 1. The van der Waals surface area contributed by atoms with Crippen molar-refractivity contribution in [2.24, 2.45) is 0 Å². The summed E-state index contributed by atoms with van der Waals surface area (Å²) in [5.74, 6) is 0.242. The van der Waals surface area contributed by atoms with Crippen molar-refractivity contribution in [3.63, 3.8) is 0 Å². The van der Waals surface area contributed by atoms with Gasteiger partial charge >= 0.3 is 0 Å². The van der Waals surface area contributed by atoms with E-state index in [1.807, 2.05) is 18.2 Å². The molecule has 2 aromatic carbocycles. The van der Waals surface area contributed by atoms with Crippen molar-refractivity contribution in [3.05, 3.63) is 81.9 Å². The summed E-state index contributed by atoms with van der Waals surface area (Å²) in [6.07, 6.45) is 2.68. The minimum absolute atomic E-state index is 0.242. The minimum Gasteiger partial charge on any atom is -0.289 e. The smallest absolute Gasteiger partial charge is 0.189 e. The molecular formula is C18H14O. The number of benzene rings is 2. The van der Waals surface area contributed by atoms with Gasteiger partial charge in [0.15, 0.2) is 5.78 Å². The van der Waals surface area contributed by atoms with Gasteiger partial charge in [0.25, 0.3) is 0 Å². The first-order chi connectivity index (χ1) is 9.33. The molecule has 1 heteroatoms. The maximum Gasteiger partial charge on any atom is 0.189 e. The topological polar surface area (TPSA) is 17.1 Å². The van der Waals surface area contributed by atoms with Crippen LogP contribution in [-0.2, 0) is 19.3 Å². The molecule has 2 aromatic rings. The fourth-order valence-electron chi connectivity index (χ4n) is 3.25. The van der Waals surface area contributed by atoms with Crippen molar-refractivity contribution in [3.8, 4) is 0 Å². The molecular weight excluding hydrogens is 232 g/mol.